The number of hydrogen-bond donors (Lipinski definition) is 0. The van der Waals surface area contributed by atoms with Crippen molar-refractivity contribution in [3.05, 3.63) is 66.1 Å². The third-order valence-corrected chi connectivity index (χ3v) is 8.55. The van der Waals surface area contributed by atoms with Gasteiger partial charge in [0.05, 0.1) is 27.4 Å². The summed E-state index contributed by atoms with van der Waals surface area (Å²) in [5, 5.41) is 5.74. The lowest BCUT2D eigenvalue weighted by Gasteiger charge is -2.31. The van der Waals surface area contributed by atoms with Crippen molar-refractivity contribution in [1.29, 1.82) is 0 Å². The predicted molar refractivity (Wildman–Crippen MR) is 139 cm³/mol. The molecule has 4 heterocycles. The number of sulfone groups is 1. The van der Waals surface area contributed by atoms with E-state index in [9.17, 15) is 13.2 Å². The van der Waals surface area contributed by atoms with Crippen LogP contribution in [0, 0.1) is 0 Å². The number of amides is 1. The number of thiazole rings is 1. The number of fused-ring (bicyclic) bond motifs is 2. The first-order valence-electron chi connectivity index (χ1n) is 11.7. The summed E-state index contributed by atoms with van der Waals surface area (Å²) in [6.07, 6.45) is 5.73. The Morgan fingerprint density at radius 2 is 1.81 bits per heavy atom. The molecule has 0 spiro atoms. The first-order valence-corrected chi connectivity index (χ1v) is 14.4. The first-order chi connectivity index (χ1) is 17.9. The summed E-state index contributed by atoms with van der Waals surface area (Å²) in [6, 6.07) is 14.0. The average Bonchev–Trinajstić information content (AvgIpc) is 3.53. The van der Waals surface area contributed by atoms with E-state index >= 15 is 0 Å². The Morgan fingerprint density at radius 3 is 2.54 bits per heavy atom. The van der Waals surface area contributed by atoms with Gasteiger partial charge in [0.2, 0.25) is 5.88 Å². The fourth-order valence-corrected chi connectivity index (χ4v) is 6.03. The van der Waals surface area contributed by atoms with Gasteiger partial charge in [0.1, 0.15) is 17.5 Å². The van der Waals surface area contributed by atoms with E-state index in [1.165, 1.54) is 29.8 Å². The summed E-state index contributed by atoms with van der Waals surface area (Å²) in [5.41, 5.74) is 1.49. The summed E-state index contributed by atoms with van der Waals surface area (Å²) >= 11 is 1.42. The molecule has 3 aromatic heterocycles. The Balaban J connectivity index is 1.17. The van der Waals surface area contributed by atoms with Crippen LogP contribution in [-0.4, -0.2) is 63.3 Å². The molecule has 1 saturated heterocycles. The molecule has 2 aromatic carbocycles. The second kappa shape index (κ2) is 9.20. The number of carbonyl (C=O) groups excluding carboxylic acids is 1. The number of rotatable bonds is 5. The summed E-state index contributed by atoms with van der Waals surface area (Å²) in [6.45, 7) is 1.20. The molecule has 6 rings (SSSR count). The van der Waals surface area contributed by atoms with Crippen LogP contribution in [0.4, 0.5) is 0 Å². The molecule has 0 radical (unpaired) electrons. The lowest BCUT2D eigenvalue weighted by Crippen LogP contribution is -2.39. The molecule has 0 atom stereocenters. The molecular formula is C25H22N6O4S2. The summed E-state index contributed by atoms with van der Waals surface area (Å²) in [4.78, 5) is 28.3. The van der Waals surface area contributed by atoms with Crippen LogP contribution in [0.25, 0.3) is 21.3 Å². The van der Waals surface area contributed by atoms with Crippen LogP contribution in [0.15, 0.2) is 66.0 Å². The molecule has 0 saturated carbocycles. The molecule has 10 nitrogen and oxygen atoms in total. The average molecular weight is 535 g/mol. The minimum Gasteiger partial charge on any atom is -0.438 e. The van der Waals surface area contributed by atoms with Crippen molar-refractivity contribution >= 4 is 48.3 Å². The molecule has 0 N–H and O–H groups in total. The van der Waals surface area contributed by atoms with Crippen LogP contribution < -0.4 is 4.74 Å². The van der Waals surface area contributed by atoms with Gasteiger partial charge in [0.15, 0.2) is 20.5 Å². The Hall–Kier alpha value is -3.90. The molecule has 0 unspecified atom stereocenters. The Labute approximate surface area is 216 Å². The van der Waals surface area contributed by atoms with Crippen LogP contribution in [0.3, 0.4) is 0 Å². The van der Waals surface area contributed by atoms with Crippen molar-refractivity contribution in [3.63, 3.8) is 0 Å². The van der Waals surface area contributed by atoms with Crippen molar-refractivity contribution in [2.24, 2.45) is 0 Å². The number of hydrogen-bond acceptors (Lipinski definition) is 9. The van der Waals surface area contributed by atoms with E-state index in [1.807, 2.05) is 33.8 Å². The highest BCUT2D eigenvalue weighted by atomic mass is 32.2. The number of aromatic nitrogens is 5. The number of likely N-dealkylation sites (tertiary alicyclic amines) is 1. The fraction of sp³-hybridized carbons (Fsp3) is 0.240. The summed E-state index contributed by atoms with van der Waals surface area (Å²) in [5.74, 6) is 0.762. The standard InChI is InChI=1S/C25H22N6O4S2/c1-37(33,34)18-8-6-17(7-9-18)35-23-19-14-28-31(22(19)26-15-27-23)16-10-12-30(13-11-16)25(32)24-29-20-4-2-3-5-21(20)36-24/h2-9,14-16H,10-13H2,1H3. The predicted octanol–water partition coefficient (Wildman–Crippen LogP) is 4.11. The molecule has 1 aliphatic heterocycles. The Bertz CT molecular complexity index is 1690. The van der Waals surface area contributed by atoms with Crippen molar-refractivity contribution in [1.82, 2.24) is 29.6 Å². The highest BCUT2D eigenvalue weighted by Crippen LogP contribution is 2.32. The lowest BCUT2D eigenvalue weighted by molar-refractivity contribution is 0.0691. The molecule has 0 bridgehead atoms. The second-order valence-corrected chi connectivity index (χ2v) is 11.9. The van der Waals surface area contributed by atoms with Crippen LogP contribution >= 0.6 is 11.3 Å². The van der Waals surface area contributed by atoms with E-state index in [4.69, 9.17) is 4.74 Å². The van der Waals surface area contributed by atoms with Crippen molar-refractivity contribution < 1.29 is 17.9 Å². The third kappa shape index (κ3) is 4.53. The van der Waals surface area contributed by atoms with E-state index in [0.29, 0.717) is 40.8 Å². The quantitative estimate of drug-likeness (QED) is 0.330. The van der Waals surface area contributed by atoms with Gasteiger partial charge in [-0.3, -0.25) is 4.79 Å². The zero-order valence-corrected chi connectivity index (χ0v) is 21.4. The molecule has 37 heavy (non-hydrogen) atoms. The molecule has 5 aromatic rings. The van der Waals surface area contributed by atoms with Gasteiger partial charge in [0.25, 0.3) is 5.91 Å². The molecule has 188 valence electrons. The molecular weight excluding hydrogens is 512 g/mol. The van der Waals surface area contributed by atoms with Crippen molar-refractivity contribution in [2.75, 3.05) is 19.3 Å². The van der Waals surface area contributed by atoms with E-state index in [2.05, 4.69) is 20.1 Å². The zero-order valence-electron chi connectivity index (χ0n) is 19.8. The topological polar surface area (TPSA) is 120 Å². The maximum atomic E-state index is 13.0. The normalized spacial score (nSPS) is 14.9. The van der Waals surface area contributed by atoms with Gasteiger partial charge in [0, 0.05) is 19.3 Å². The minimum absolute atomic E-state index is 0.0372. The van der Waals surface area contributed by atoms with Gasteiger partial charge in [-0.1, -0.05) is 12.1 Å². The van der Waals surface area contributed by atoms with Gasteiger partial charge in [-0.05, 0) is 49.2 Å². The Morgan fingerprint density at radius 1 is 1.05 bits per heavy atom. The number of nitrogens with zero attached hydrogens (tertiary/aromatic N) is 6. The van der Waals surface area contributed by atoms with Gasteiger partial charge < -0.3 is 9.64 Å². The minimum atomic E-state index is -3.29. The van der Waals surface area contributed by atoms with E-state index in [-0.39, 0.29) is 16.8 Å². The highest BCUT2D eigenvalue weighted by Gasteiger charge is 2.28. The number of para-hydroxylation sites is 1. The van der Waals surface area contributed by atoms with Crippen molar-refractivity contribution in [2.45, 2.75) is 23.8 Å². The molecule has 1 amide bonds. The smallest absolute Gasteiger partial charge is 0.282 e. The van der Waals surface area contributed by atoms with E-state index in [0.717, 1.165) is 29.3 Å². The molecule has 0 aliphatic carbocycles. The van der Waals surface area contributed by atoms with E-state index < -0.39 is 9.84 Å². The molecule has 1 fully saturated rings. The van der Waals surface area contributed by atoms with Crippen LogP contribution in [0.2, 0.25) is 0 Å². The molecule has 1 aliphatic rings. The van der Waals surface area contributed by atoms with Gasteiger partial charge >= 0.3 is 0 Å². The van der Waals surface area contributed by atoms with Gasteiger partial charge in [-0.25, -0.2) is 28.1 Å². The largest absolute Gasteiger partial charge is 0.438 e. The van der Waals surface area contributed by atoms with Gasteiger partial charge in [-0.2, -0.15) is 5.10 Å². The maximum absolute atomic E-state index is 13.0. The third-order valence-electron chi connectivity index (χ3n) is 6.40. The number of benzene rings is 2. The number of piperidine rings is 1. The summed E-state index contributed by atoms with van der Waals surface area (Å²) in [7, 11) is -3.29. The summed E-state index contributed by atoms with van der Waals surface area (Å²) < 4.78 is 32.2. The fourth-order valence-electron chi connectivity index (χ4n) is 4.47. The number of carbonyl (C=O) groups is 1. The van der Waals surface area contributed by atoms with Crippen LogP contribution in [-0.2, 0) is 9.84 Å². The van der Waals surface area contributed by atoms with Crippen LogP contribution in [0.5, 0.6) is 11.6 Å². The van der Waals surface area contributed by atoms with Crippen molar-refractivity contribution in [3.8, 4) is 11.6 Å². The monoisotopic (exact) mass is 534 g/mol. The van der Waals surface area contributed by atoms with Gasteiger partial charge in [-0.15, -0.1) is 11.3 Å². The highest BCUT2D eigenvalue weighted by molar-refractivity contribution is 7.90. The lowest BCUT2D eigenvalue weighted by atomic mass is 10.1. The number of ether oxygens (including phenoxy) is 1. The van der Waals surface area contributed by atoms with E-state index in [1.54, 1.807) is 18.3 Å². The SMILES string of the molecule is CS(=O)(=O)c1ccc(Oc2ncnc3c2cnn3C2CCN(C(=O)c3nc4ccccc4s3)CC2)cc1. The Kier molecular flexibility index (Phi) is 5.84. The second-order valence-electron chi connectivity index (χ2n) is 8.86. The maximum Gasteiger partial charge on any atom is 0.282 e. The zero-order chi connectivity index (χ0) is 25.6. The van der Waals surface area contributed by atoms with Crippen LogP contribution in [0.1, 0.15) is 28.7 Å². The molecule has 12 heteroatoms. The first kappa shape index (κ1) is 23.5.